The second kappa shape index (κ2) is 6.29. The molecule has 0 N–H and O–H groups in total. The van der Waals surface area contributed by atoms with Gasteiger partial charge in [-0.25, -0.2) is 8.42 Å². The fraction of sp³-hybridized carbons (Fsp3) is 0. The van der Waals surface area contributed by atoms with Gasteiger partial charge < -0.3 is 4.42 Å². The van der Waals surface area contributed by atoms with Gasteiger partial charge in [0, 0.05) is 5.02 Å². The summed E-state index contributed by atoms with van der Waals surface area (Å²) in [6.07, 6.45) is 0. The standard InChI is InChI=1S/C16H8Cl2N2O3S/c17-10-5-7-11(8-6-10)24(21,22)16-14(9-19)20-15(23-16)12-3-1-2-4-13(12)18/h1-8H. The van der Waals surface area contributed by atoms with Crippen molar-refractivity contribution >= 4 is 33.0 Å². The first-order valence-electron chi connectivity index (χ1n) is 6.60. The first-order valence-corrected chi connectivity index (χ1v) is 8.84. The summed E-state index contributed by atoms with van der Waals surface area (Å²) in [6, 6.07) is 13.9. The van der Waals surface area contributed by atoms with E-state index in [1.54, 1.807) is 30.3 Å². The van der Waals surface area contributed by atoms with E-state index in [0.29, 0.717) is 15.6 Å². The smallest absolute Gasteiger partial charge is 0.261 e. The zero-order valence-corrected chi connectivity index (χ0v) is 14.2. The van der Waals surface area contributed by atoms with Crippen LogP contribution in [0.1, 0.15) is 5.69 Å². The Morgan fingerprint density at radius 2 is 1.71 bits per heavy atom. The van der Waals surface area contributed by atoms with Crippen LogP contribution in [0, 0.1) is 11.3 Å². The highest BCUT2D eigenvalue weighted by Crippen LogP contribution is 2.32. The monoisotopic (exact) mass is 378 g/mol. The van der Waals surface area contributed by atoms with Crippen molar-refractivity contribution in [2.45, 2.75) is 9.99 Å². The highest BCUT2D eigenvalue weighted by atomic mass is 35.5. The third-order valence-corrected chi connectivity index (χ3v) is 5.41. The summed E-state index contributed by atoms with van der Waals surface area (Å²) < 4.78 is 30.8. The lowest BCUT2D eigenvalue weighted by Gasteiger charge is -2.01. The number of hydrogen-bond acceptors (Lipinski definition) is 5. The summed E-state index contributed by atoms with van der Waals surface area (Å²) in [7, 11) is -4.05. The lowest BCUT2D eigenvalue weighted by molar-refractivity contribution is 0.457. The molecule has 0 spiro atoms. The molecule has 0 radical (unpaired) electrons. The maximum Gasteiger partial charge on any atom is 0.261 e. The van der Waals surface area contributed by atoms with Gasteiger partial charge in [0.25, 0.3) is 5.09 Å². The highest BCUT2D eigenvalue weighted by molar-refractivity contribution is 7.91. The lowest BCUT2D eigenvalue weighted by Crippen LogP contribution is -2.02. The molecule has 0 aliphatic heterocycles. The summed E-state index contributed by atoms with van der Waals surface area (Å²) in [5.74, 6) is -0.0373. The van der Waals surface area contributed by atoms with E-state index in [4.69, 9.17) is 27.6 Å². The van der Waals surface area contributed by atoms with E-state index in [9.17, 15) is 13.7 Å². The zero-order valence-electron chi connectivity index (χ0n) is 11.9. The average Bonchev–Trinajstić information content (AvgIpc) is 3.00. The van der Waals surface area contributed by atoms with Gasteiger partial charge in [0.1, 0.15) is 6.07 Å². The SMILES string of the molecule is N#Cc1nc(-c2ccccc2Cl)oc1S(=O)(=O)c1ccc(Cl)cc1. The highest BCUT2D eigenvalue weighted by Gasteiger charge is 2.29. The molecule has 3 rings (SSSR count). The molecule has 0 fully saturated rings. The van der Waals surface area contributed by atoms with Crippen LogP contribution in [0.5, 0.6) is 0 Å². The van der Waals surface area contributed by atoms with Crippen LogP contribution >= 0.6 is 23.2 Å². The van der Waals surface area contributed by atoms with Gasteiger partial charge in [0.15, 0.2) is 5.69 Å². The molecular weight excluding hydrogens is 371 g/mol. The minimum Gasteiger partial charge on any atom is -0.423 e. The molecule has 0 aliphatic rings. The quantitative estimate of drug-likeness (QED) is 0.675. The number of nitrogens with zero attached hydrogens (tertiary/aromatic N) is 2. The maximum atomic E-state index is 12.7. The summed E-state index contributed by atoms with van der Waals surface area (Å²) >= 11 is 11.8. The van der Waals surface area contributed by atoms with Crippen molar-refractivity contribution in [1.29, 1.82) is 5.26 Å². The van der Waals surface area contributed by atoms with Gasteiger partial charge in [-0.05, 0) is 36.4 Å². The second-order valence-electron chi connectivity index (χ2n) is 4.70. The molecule has 0 amide bonds. The van der Waals surface area contributed by atoms with E-state index >= 15 is 0 Å². The first kappa shape index (κ1) is 16.5. The predicted octanol–water partition coefficient (Wildman–Crippen LogP) is 4.35. The molecule has 2 aromatic carbocycles. The average molecular weight is 379 g/mol. The summed E-state index contributed by atoms with van der Waals surface area (Å²) in [6.45, 7) is 0. The molecule has 24 heavy (non-hydrogen) atoms. The van der Waals surface area contributed by atoms with Gasteiger partial charge in [0.2, 0.25) is 15.7 Å². The van der Waals surface area contributed by atoms with E-state index in [1.807, 2.05) is 0 Å². The Kier molecular flexibility index (Phi) is 4.33. The molecule has 1 heterocycles. The van der Waals surface area contributed by atoms with Crippen LogP contribution in [0.15, 0.2) is 62.9 Å². The second-order valence-corrected chi connectivity index (χ2v) is 7.40. The third kappa shape index (κ3) is 2.89. The third-order valence-electron chi connectivity index (χ3n) is 3.17. The number of sulfone groups is 1. The molecule has 3 aromatic rings. The molecule has 0 saturated heterocycles. The van der Waals surface area contributed by atoms with Crippen LogP contribution in [0.25, 0.3) is 11.5 Å². The van der Waals surface area contributed by atoms with Gasteiger partial charge in [0.05, 0.1) is 15.5 Å². The molecule has 5 nitrogen and oxygen atoms in total. The number of nitriles is 1. The predicted molar refractivity (Wildman–Crippen MR) is 88.6 cm³/mol. The Morgan fingerprint density at radius 1 is 1.04 bits per heavy atom. The topological polar surface area (TPSA) is 84.0 Å². The van der Waals surface area contributed by atoms with Gasteiger partial charge in [-0.1, -0.05) is 35.3 Å². The molecule has 0 atom stereocenters. The molecule has 1 aromatic heterocycles. The van der Waals surface area contributed by atoms with E-state index in [2.05, 4.69) is 4.98 Å². The van der Waals surface area contributed by atoms with Gasteiger partial charge >= 0.3 is 0 Å². The van der Waals surface area contributed by atoms with E-state index in [1.165, 1.54) is 24.3 Å². The van der Waals surface area contributed by atoms with Crippen LogP contribution in [-0.4, -0.2) is 13.4 Å². The van der Waals surface area contributed by atoms with E-state index in [0.717, 1.165) is 0 Å². The number of benzene rings is 2. The lowest BCUT2D eigenvalue weighted by atomic mass is 10.2. The molecule has 0 aliphatic carbocycles. The van der Waals surface area contributed by atoms with E-state index < -0.39 is 14.9 Å². The first-order chi connectivity index (χ1) is 11.4. The summed E-state index contributed by atoms with van der Waals surface area (Å²) in [4.78, 5) is 3.90. The number of halogens is 2. The Hall–Kier alpha value is -2.33. The largest absolute Gasteiger partial charge is 0.423 e. The van der Waals surface area contributed by atoms with Crippen molar-refractivity contribution in [2.75, 3.05) is 0 Å². The van der Waals surface area contributed by atoms with Crippen molar-refractivity contribution < 1.29 is 12.8 Å². The Labute approximate surface area is 148 Å². The van der Waals surface area contributed by atoms with Gasteiger partial charge in [-0.2, -0.15) is 10.2 Å². The van der Waals surface area contributed by atoms with E-state index in [-0.39, 0.29) is 16.5 Å². The molecular formula is C16H8Cl2N2O3S. The van der Waals surface area contributed by atoms with Crippen LogP contribution in [-0.2, 0) is 9.84 Å². The van der Waals surface area contributed by atoms with Crippen molar-refractivity contribution in [2.24, 2.45) is 0 Å². The summed E-state index contributed by atoms with van der Waals surface area (Å²) in [5.41, 5.74) is 0.0630. The zero-order chi connectivity index (χ0) is 17.3. The van der Waals surface area contributed by atoms with Gasteiger partial charge in [-0.3, -0.25) is 0 Å². The van der Waals surface area contributed by atoms with Crippen molar-refractivity contribution in [3.8, 4) is 17.5 Å². The molecule has 0 saturated carbocycles. The number of aromatic nitrogens is 1. The molecule has 8 heteroatoms. The fourth-order valence-electron chi connectivity index (χ4n) is 2.03. The maximum absolute atomic E-state index is 12.7. The normalized spacial score (nSPS) is 11.2. The minimum absolute atomic E-state index is 0.0373. The van der Waals surface area contributed by atoms with Crippen molar-refractivity contribution in [3.63, 3.8) is 0 Å². The van der Waals surface area contributed by atoms with Crippen molar-refractivity contribution in [3.05, 3.63) is 64.3 Å². The molecule has 0 unspecified atom stereocenters. The Bertz CT molecular complexity index is 1050. The van der Waals surface area contributed by atoms with Crippen molar-refractivity contribution in [1.82, 2.24) is 4.98 Å². The summed E-state index contributed by atoms with van der Waals surface area (Å²) in [5, 5.41) is 9.41. The molecule has 120 valence electrons. The fourth-order valence-corrected chi connectivity index (χ4v) is 3.62. The van der Waals surface area contributed by atoms with Crippen LogP contribution in [0.2, 0.25) is 10.0 Å². The van der Waals surface area contributed by atoms with Crippen LogP contribution in [0.3, 0.4) is 0 Å². The van der Waals surface area contributed by atoms with Crippen LogP contribution < -0.4 is 0 Å². The Morgan fingerprint density at radius 3 is 2.33 bits per heavy atom. The number of oxazole rings is 1. The molecule has 0 bridgehead atoms. The van der Waals surface area contributed by atoms with Crippen LogP contribution in [0.4, 0.5) is 0 Å². The number of hydrogen-bond donors (Lipinski definition) is 0. The Balaban J connectivity index is 2.17. The number of rotatable bonds is 3. The van der Waals surface area contributed by atoms with Gasteiger partial charge in [-0.15, -0.1) is 0 Å². The minimum atomic E-state index is -4.05.